The highest BCUT2D eigenvalue weighted by Gasteiger charge is 2.59. The molecule has 170 valence electrons. The predicted octanol–water partition coefficient (Wildman–Crippen LogP) is 6.54. The van der Waals surface area contributed by atoms with Gasteiger partial charge in [0.15, 0.2) is 10.8 Å². The first-order valence-corrected chi connectivity index (χ1v) is 12.6. The number of nitrogens with zero attached hydrogens (tertiary/aromatic N) is 3. The van der Waals surface area contributed by atoms with Crippen LogP contribution in [-0.4, -0.2) is 21.1 Å². The molecule has 5 rings (SSSR count). The number of para-hydroxylation sites is 1. The summed E-state index contributed by atoms with van der Waals surface area (Å²) in [6, 6.07) is 24.7. The Morgan fingerprint density at radius 2 is 1.62 bits per heavy atom. The molecule has 34 heavy (non-hydrogen) atoms. The van der Waals surface area contributed by atoms with Crippen molar-refractivity contribution in [3.05, 3.63) is 99.9 Å². The van der Waals surface area contributed by atoms with Crippen molar-refractivity contribution in [1.82, 2.24) is 0 Å². The third kappa shape index (κ3) is 4.04. The van der Waals surface area contributed by atoms with Gasteiger partial charge in [-0.15, -0.1) is 0 Å². The van der Waals surface area contributed by atoms with E-state index in [4.69, 9.17) is 11.6 Å². The number of carbonyl (C=O) groups is 2. The topological polar surface area (TPSA) is 53.0 Å². The third-order valence-electron chi connectivity index (χ3n) is 5.39. The summed E-state index contributed by atoms with van der Waals surface area (Å²) in [7, 11) is 0. The number of aryl methyl sites for hydroxylation is 1. The summed E-state index contributed by atoms with van der Waals surface area (Å²) in [4.78, 5) is 28.6. The standard InChI is InChI=1S/C26H20ClN3O2S2/c1-17-8-10-19(11-9-17)16-23-25(32)29(21-6-4-3-5-7-21)26(33-23)30(28-24(34-26)18(2)31)22-14-12-20(27)13-15-22/h3-16H,1-2H3/b23-16-. The van der Waals surface area contributed by atoms with Gasteiger partial charge in [-0.1, -0.05) is 71.4 Å². The molecule has 2 aliphatic rings. The Morgan fingerprint density at radius 1 is 0.941 bits per heavy atom. The summed E-state index contributed by atoms with van der Waals surface area (Å²) in [6.07, 6.45) is 1.89. The minimum atomic E-state index is -1.04. The summed E-state index contributed by atoms with van der Waals surface area (Å²) >= 11 is 8.79. The minimum absolute atomic E-state index is 0.150. The zero-order chi connectivity index (χ0) is 23.9. The van der Waals surface area contributed by atoms with Gasteiger partial charge in [0, 0.05) is 17.6 Å². The molecule has 1 saturated heterocycles. The Kier molecular flexibility index (Phi) is 6.02. The van der Waals surface area contributed by atoms with Crippen LogP contribution in [0, 0.1) is 6.92 Å². The van der Waals surface area contributed by atoms with Crippen molar-refractivity contribution in [2.24, 2.45) is 5.10 Å². The van der Waals surface area contributed by atoms with Crippen LogP contribution in [0.5, 0.6) is 0 Å². The fourth-order valence-electron chi connectivity index (χ4n) is 3.73. The average molecular weight is 506 g/mol. The fourth-order valence-corrected chi connectivity index (χ4v) is 6.73. The number of Topliss-reactive ketones (excluding diaryl/α,β-unsaturated/α-hetero) is 1. The second-order valence-electron chi connectivity index (χ2n) is 7.90. The van der Waals surface area contributed by atoms with Crippen molar-refractivity contribution in [1.29, 1.82) is 0 Å². The third-order valence-corrected chi connectivity index (χ3v) is 8.46. The van der Waals surface area contributed by atoms with E-state index in [2.05, 4.69) is 5.10 Å². The highest BCUT2D eigenvalue weighted by atomic mass is 35.5. The van der Waals surface area contributed by atoms with Crippen LogP contribution >= 0.6 is 35.1 Å². The number of halogens is 1. The molecule has 8 heteroatoms. The van der Waals surface area contributed by atoms with Crippen LogP contribution in [0.3, 0.4) is 0 Å². The lowest BCUT2D eigenvalue weighted by atomic mass is 10.1. The van der Waals surface area contributed by atoms with E-state index in [0.717, 1.165) is 22.5 Å². The van der Waals surface area contributed by atoms with E-state index < -0.39 is 4.33 Å². The van der Waals surface area contributed by atoms with E-state index in [1.807, 2.05) is 79.7 Å². The zero-order valence-corrected chi connectivity index (χ0v) is 20.8. The van der Waals surface area contributed by atoms with Crippen molar-refractivity contribution in [2.45, 2.75) is 18.2 Å². The molecule has 1 fully saturated rings. The average Bonchev–Trinajstić information content (AvgIpc) is 3.34. The van der Waals surface area contributed by atoms with Crippen molar-refractivity contribution in [2.75, 3.05) is 9.91 Å². The van der Waals surface area contributed by atoms with Gasteiger partial charge in [-0.25, -0.2) is 5.01 Å². The normalized spacial score (nSPS) is 21.0. The van der Waals surface area contributed by atoms with Crippen molar-refractivity contribution >= 4 is 69.3 Å². The van der Waals surface area contributed by atoms with Gasteiger partial charge in [-0.3, -0.25) is 14.5 Å². The first-order valence-electron chi connectivity index (χ1n) is 10.6. The number of thioether (sulfide) groups is 2. The fraction of sp³-hybridized carbons (Fsp3) is 0.115. The summed E-state index contributed by atoms with van der Waals surface area (Å²) < 4.78 is -1.04. The van der Waals surface area contributed by atoms with Crippen molar-refractivity contribution in [3.63, 3.8) is 0 Å². The maximum atomic E-state index is 13.9. The predicted molar refractivity (Wildman–Crippen MR) is 143 cm³/mol. The number of amides is 1. The molecule has 1 atom stereocenters. The maximum Gasteiger partial charge on any atom is 0.268 e. The molecule has 0 radical (unpaired) electrons. The van der Waals surface area contributed by atoms with Gasteiger partial charge >= 0.3 is 0 Å². The van der Waals surface area contributed by atoms with Crippen LogP contribution in [0.2, 0.25) is 5.02 Å². The Hall–Kier alpha value is -3.00. The Morgan fingerprint density at radius 3 is 2.26 bits per heavy atom. The van der Waals surface area contributed by atoms with E-state index in [-0.39, 0.29) is 11.7 Å². The first kappa shape index (κ1) is 22.8. The molecule has 0 aromatic heterocycles. The molecule has 0 saturated carbocycles. The van der Waals surface area contributed by atoms with E-state index in [9.17, 15) is 9.59 Å². The van der Waals surface area contributed by atoms with E-state index >= 15 is 0 Å². The summed E-state index contributed by atoms with van der Waals surface area (Å²) in [6.45, 7) is 3.51. The molecule has 5 nitrogen and oxygen atoms in total. The van der Waals surface area contributed by atoms with Gasteiger partial charge < -0.3 is 0 Å². The van der Waals surface area contributed by atoms with Crippen LogP contribution in [-0.2, 0) is 9.59 Å². The van der Waals surface area contributed by atoms with Crippen LogP contribution in [0.15, 0.2) is 88.9 Å². The van der Waals surface area contributed by atoms with Gasteiger partial charge in [-0.05, 0) is 66.7 Å². The molecule has 3 aromatic rings. The second kappa shape index (κ2) is 8.98. The van der Waals surface area contributed by atoms with Gasteiger partial charge in [0.2, 0.25) is 4.33 Å². The lowest BCUT2D eigenvalue weighted by Crippen LogP contribution is -2.51. The molecule has 1 spiro atoms. The molecule has 1 unspecified atom stereocenters. The largest absolute Gasteiger partial charge is 0.292 e. The van der Waals surface area contributed by atoms with E-state index in [1.54, 1.807) is 22.0 Å². The molecular formula is C26H20ClN3O2S2. The van der Waals surface area contributed by atoms with E-state index in [0.29, 0.717) is 15.0 Å². The zero-order valence-electron chi connectivity index (χ0n) is 18.4. The number of rotatable bonds is 4. The van der Waals surface area contributed by atoms with Crippen molar-refractivity contribution in [3.8, 4) is 0 Å². The van der Waals surface area contributed by atoms with Crippen LogP contribution in [0.4, 0.5) is 11.4 Å². The number of carbonyl (C=O) groups excluding carboxylic acids is 2. The number of hydrogen-bond acceptors (Lipinski definition) is 6. The Balaban J connectivity index is 1.68. The first-order chi connectivity index (χ1) is 16.4. The molecule has 2 aliphatic heterocycles. The molecule has 0 aliphatic carbocycles. The lowest BCUT2D eigenvalue weighted by molar-refractivity contribution is -0.114. The number of benzene rings is 3. The van der Waals surface area contributed by atoms with Gasteiger partial charge in [0.1, 0.15) is 0 Å². The number of anilines is 2. The molecule has 1 amide bonds. The smallest absolute Gasteiger partial charge is 0.268 e. The number of hydrogen-bond donors (Lipinski definition) is 0. The lowest BCUT2D eigenvalue weighted by Gasteiger charge is -2.38. The van der Waals surface area contributed by atoms with Gasteiger partial charge in [-0.2, -0.15) is 5.10 Å². The maximum absolute atomic E-state index is 13.9. The quantitative estimate of drug-likeness (QED) is 0.377. The Bertz CT molecular complexity index is 1320. The van der Waals surface area contributed by atoms with Gasteiger partial charge in [0.05, 0.1) is 10.6 Å². The molecule has 2 heterocycles. The molecule has 3 aromatic carbocycles. The summed E-state index contributed by atoms with van der Waals surface area (Å²) in [5.74, 6) is -0.305. The Labute approximate surface area is 211 Å². The molecule has 0 bridgehead atoms. The van der Waals surface area contributed by atoms with Crippen LogP contribution in [0.1, 0.15) is 18.1 Å². The van der Waals surface area contributed by atoms with Crippen molar-refractivity contribution < 1.29 is 9.59 Å². The molecular weight excluding hydrogens is 486 g/mol. The second-order valence-corrected chi connectivity index (χ2v) is 11.0. The molecule has 0 N–H and O–H groups in total. The minimum Gasteiger partial charge on any atom is -0.292 e. The number of hydrazone groups is 1. The SMILES string of the molecule is CC(=O)C1=NN(c2ccc(Cl)cc2)C2(S1)S/C(=C\c1ccc(C)cc1)C(=O)N2c1ccccc1. The summed E-state index contributed by atoms with van der Waals surface area (Å²) in [5.41, 5.74) is 3.53. The van der Waals surface area contributed by atoms with Crippen LogP contribution in [0.25, 0.3) is 6.08 Å². The summed E-state index contributed by atoms with van der Waals surface area (Å²) in [5, 5.41) is 7.34. The van der Waals surface area contributed by atoms with E-state index in [1.165, 1.54) is 30.4 Å². The number of ketones is 1. The monoisotopic (exact) mass is 505 g/mol. The highest BCUT2D eigenvalue weighted by molar-refractivity contribution is 8.29. The highest BCUT2D eigenvalue weighted by Crippen LogP contribution is 2.59. The van der Waals surface area contributed by atoms with Crippen LogP contribution < -0.4 is 9.91 Å². The van der Waals surface area contributed by atoms with Gasteiger partial charge in [0.25, 0.3) is 5.91 Å².